The van der Waals surface area contributed by atoms with Crippen LogP contribution in [-0.2, 0) is 14.8 Å². The summed E-state index contributed by atoms with van der Waals surface area (Å²) in [6.07, 6.45) is 1.09. The molecule has 0 aliphatic carbocycles. The Balaban J connectivity index is 2.17. The van der Waals surface area contributed by atoms with E-state index in [2.05, 4.69) is 24.4 Å². The molecule has 0 aliphatic rings. The number of nitrogens with zero attached hydrogens (tertiary/aromatic N) is 1. The highest BCUT2D eigenvalue weighted by Crippen LogP contribution is 2.23. The minimum Gasteiger partial charge on any atom is -0.494 e. The topological polar surface area (TPSA) is 75.7 Å². The zero-order chi connectivity index (χ0) is 21.8. The van der Waals surface area contributed by atoms with Gasteiger partial charge < -0.3 is 10.1 Å². The standard InChI is InChI=1S/C22H30N2O4S/c1-7-28-20-10-8-19(9-11-20)24(29(6,26)27)14-22(25)23-18(5)21-13-16(3)15(2)12-17(21)4/h8-13,18H,7,14H2,1-6H3,(H,23,25)/t18-/m1/s1. The summed E-state index contributed by atoms with van der Waals surface area (Å²) in [6.45, 7) is 10.1. The smallest absolute Gasteiger partial charge is 0.241 e. The quantitative estimate of drug-likeness (QED) is 0.710. The van der Waals surface area contributed by atoms with Gasteiger partial charge in [0.1, 0.15) is 12.3 Å². The maximum Gasteiger partial charge on any atom is 0.241 e. The fourth-order valence-electron chi connectivity index (χ4n) is 3.22. The Hall–Kier alpha value is -2.54. The number of nitrogens with one attached hydrogen (secondary N) is 1. The van der Waals surface area contributed by atoms with Gasteiger partial charge in [-0.1, -0.05) is 12.1 Å². The van der Waals surface area contributed by atoms with Crippen LogP contribution in [0.4, 0.5) is 5.69 Å². The number of amides is 1. The number of aryl methyl sites for hydroxylation is 3. The zero-order valence-electron chi connectivity index (χ0n) is 17.9. The molecule has 0 spiro atoms. The van der Waals surface area contributed by atoms with Gasteiger partial charge in [0.15, 0.2) is 0 Å². The van der Waals surface area contributed by atoms with Crippen molar-refractivity contribution in [1.29, 1.82) is 0 Å². The number of hydrogen-bond donors (Lipinski definition) is 1. The molecule has 158 valence electrons. The summed E-state index contributed by atoms with van der Waals surface area (Å²) < 4.78 is 31.1. The van der Waals surface area contributed by atoms with Crippen molar-refractivity contribution in [3.05, 3.63) is 58.7 Å². The third kappa shape index (κ3) is 5.97. The minimum absolute atomic E-state index is 0.233. The third-order valence-corrected chi connectivity index (χ3v) is 5.99. The summed E-state index contributed by atoms with van der Waals surface area (Å²) in [5.41, 5.74) is 4.88. The van der Waals surface area contributed by atoms with Gasteiger partial charge in [0.2, 0.25) is 15.9 Å². The largest absolute Gasteiger partial charge is 0.494 e. The molecule has 0 saturated carbocycles. The fraction of sp³-hybridized carbons (Fsp3) is 0.409. The third-order valence-electron chi connectivity index (χ3n) is 4.85. The molecular weight excluding hydrogens is 388 g/mol. The maximum atomic E-state index is 12.6. The van der Waals surface area contributed by atoms with Gasteiger partial charge in [0.25, 0.3) is 0 Å². The van der Waals surface area contributed by atoms with E-state index in [1.165, 1.54) is 5.56 Å². The minimum atomic E-state index is -3.63. The summed E-state index contributed by atoms with van der Waals surface area (Å²) in [5, 5.41) is 2.92. The van der Waals surface area contributed by atoms with Gasteiger partial charge in [-0.05, 0) is 81.1 Å². The van der Waals surface area contributed by atoms with Crippen molar-refractivity contribution in [1.82, 2.24) is 5.32 Å². The highest BCUT2D eigenvalue weighted by Gasteiger charge is 2.22. The van der Waals surface area contributed by atoms with E-state index in [0.717, 1.165) is 27.3 Å². The van der Waals surface area contributed by atoms with Crippen molar-refractivity contribution < 1.29 is 17.9 Å². The first kappa shape index (κ1) is 22.7. The van der Waals surface area contributed by atoms with Gasteiger partial charge in [-0.15, -0.1) is 0 Å². The lowest BCUT2D eigenvalue weighted by molar-refractivity contribution is -0.120. The summed E-state index contributed by atoms with van der Waals surface area (Å²) in [4.78, 5) is 12.6. The van der Waals surface area contributed by atoms with E-state index in [1.54, 1.807) is 24.3 Å². The summed E-state index contributed by atoms with van der Waals surface area (Å²) in [6, 6.07) is 10.6. The molecule has 2 aromatic carbocycles. The Morgan fingerprint density at radius 2 is 1.66 bits per heavy atom. The Bertz CT molecular complexity index is 969. The molecule has 6 nitrogen and oxygen atoms in total. The lowest BCUT2D eigenvalue weighted by Gasteiger charge is -2.24. The summed E-state index contributed by atoms with van der Waals surface area (Å²) >= 11 is 0. The molecule has 0 radical (unpaired) electrons. The average Bonchev–Trinajstić information content (AvgIpc) is 2.63. The number of hydrogen-bond acceptors (Lipinski definition) is 4. The molecule has 0 bridgehead atoms. The molecule has 0 aromatic heterocycles. The van der Waals surface area contributed by atoms with Crippen molar-refractivity contribution >= 4 is 21.6 Å². The van der Waals surface area contributed by atoms with Crippen LogP contribution in [0.5, 0.6) is 5.75 Å². The van der Waals surface area contributed by atoms with E-state index < -0.39 is 10.0 Å². The highest BCUT2D eigenvalue weighted by molar-refractivity contribution is 7.92. The molecule has 1 amide bonds. The maximum absolute atomic E-state index is 12.6. The second kappa shape index (κ2) is 9.31. The Labute approximate surface area is 173 Å². The number of carbonyl (C=O) groups excluding carboxylic acids is 1. The number of ether oxygens (including phenoxy) is 1. The first-order valence-corrected chi connectivity index (χ1v) is 11.5. The van der Waals surface area contributed by atoms with Crippen molar-refractivity contribution in [2.45, 2.75) is 40.7 Å². The van der Waals surface area contributed by atoms with Gasteiger partial charge in [-0.2, -0.15) is 0 Å². The van der Waals surface area contributed by atoms with Crippen LogP contribution in [0.2, 0.25) is 0 Å². The normalized spacial score (nSPS) is 12.3. The molecular formula is C22H30N2O4S. The van der Waals surface area contributed by atoms with Crippen LogP contribution in [0.25, 0.3) is 0 Å². The number of benzene rings is 2. The van der Waals surface area contributed by atoms with Crippen molar-refractivity contribution in [2.75, 3.05) is 23.7 Å². The second-order valence-electron chi connectivity index (χ2n) is 7.28. The lowest BCUT2D eigenvalue weighted by atomic mass is 9.96. The molecule has 7 heteroatoms. The van der Waals surface area contributed by atoms with Crippen LogP contribution < -0.4 is 14.4 Å². The number of carbonyl (C=O) groups is 1. The molecule has 2 aromatic rings. The number of sulfonamides is 1. The van der Waals surface area contributed by atoms with Crippen LogP contribution in [0, 0.1) is 20.8 Å². The molecule has 0 saturated heterocycles. The SMILES string of the molecule is CCOc1ccc(N(CC(=O)N[C@H](C)c2cc(C)c(C)cc2C)S(C)(=O)=O)cc1. The summed E-state index contributed by atoms with van der Waals surface area (Å²) in [7, 11) is -3.63. The van der Waals surface area contributed by atoms with E-state index in [-0.39, 0.29) is 18.5 Å². The molecule has 29 heavy (non-hydrogen) atoms. The van der Waals surface area contributed by atoms with Crippen LogP contribution in [-0.4, -0.2) is 33.7 Å². The van der Waals surface area contributed by atoms with Crippen LogP contribution in [0.1, 0.15) is 42.1 Å². The molecule has 1 atom stereocenters. The van der Waals surface area contributed by atoms with Crippen LogP contribution >= 0.6 is 0 Å². The second-order valence-corrected chi connectivity index (χ2v) is 9.19. The van der Waals surface area contributed by atoms with Gasteiger partial charge >= 0.3 is 0 Å². The van der Waals surface area contributed by atoms with Gasteiger partial charge in [0.05, 0.1) is 24.6 Å². The van der Waals surface area contributed by atoms with E-state index in [0.29, 0.717) is 18.0 Å². The molecule has 0 heterocycles. The van der Waals surface area contributed by atoms with Crippen molar-refractivity contribution in [3.63, 3.8) is 0 Å². The Kier molecular flexibility index (Phi) is 7.30. The monoisotopic (exact) mass is 418 g/mol. The Morgan fingerprint density at radius 3 is 2.21 bits per heavy atom. The van der Waals surface area contributed by atoms with Crippen molar-refractivity contribution in [2.24, 2.45) is 0 Å². The average molecular weight is 419 g/mol. The van der Waals surface area contributed by atoms with Gasteiger partial charge in [0, 0.05) is 0 Å². The van der Waals surface area contributed by atoms with Crippen LogP contribution in [0.15, 0.2) is 36.4 Å². The first-order valence-electron chi connectivity index (χ1n) is 9.60. The molecule has 0 fully saturated rings. The van der Waals surface area contributed by atoms with Gasteiger partial charge in [-0.25, -0.2) is 8.42 Å². The van der Waals surface area contributed by atoms with Gasteiger partial charge in [-0.3, -0.25) is 9.10 Å². The van der Waals surface area contributed by atoms with E-state index in [1.807, 2.05) is 27.7 Å². The van der Waals surface area contributed by atoms with E-state index in [9.17, 15) is 13.2 Å². The summed E-state index contributed by atoms with van der Waals surface area (Å²) in [5.74, 6) is 0.280. The lowest BCUT2D eigenvalue weighted by Crippen LogP contribution is -2.41. The predicted octanol–water partition coefficient (Wildman–Crippen LogP) is 3.65. The van der Waals surface area contributed by atoms with Crippen LogP contribution in [0.3, 0.4) is 0 Å². The molecule has 2 rings (SSSR count). The zero-order valence-corrected chi connectivity index (χ0v) is 18.8. The number of rotatable bonds is 8. The fourth-order valence-corrected chi connectivity index (χ4v) is 4.08. The molecule has 0 unspecified atom stereocenters. The predicted molar refractivity (Wildman–Crippen MR) is 117 cm³/mol. The Morgan fingerprint density at radius 1 is 1.07 bits per heavy atom. The highest BCUT2D eigenvalue weighted by atomic mass is 32.2. The molecule has 1 N–H and O–H groups in total. The van der Waals surface area contributed by atoms with Crippen molar-refractivity contribution in [3.8, 4) is 5.75 Å². The first-order chi connectivity index (χ1) is 13.5. The number of anilines is 1. The van der Waals surface area contributed by atoms with E-state index >= 15 is 0 Å². The molecule has 0 aliphatic heterocycles. The van der Waals surface area contributed by atoms with E-state index in [4.69, 9.17) is 4.74 Å².